The summed E-state index contributed by atoms with van der Waals surface area (Å²) in [6.45, 7) is 2.03. The lowest BCUT2D eigenvalue weighted by atomic mass is 9.78. The summed E-state index contributed by atoms with van der Waals surface area (Å²) in [7, 11) is 0. The predicted molar refractivity (Wildman–Crippen MR) is 116 cm³/mol. The van der Waals surface area contributed by atoms with Crippen LogP contribution in [0.3, 0.4) is 0 Å². The molecule has 0 spiro atoms. The quantitative estimate of drug-likeness (QED) is 0.769. The highest BCUT2D eigenvalue weighted by Crippen LogP contribution is 2.36. The molecule has 2 N–H and O–H groups in total. The van der Waals surface area contributed by atoms with Crippen LogP contribution in [0.15, 0.2) is 36.5 Å². The maximum atomic E-state index is 13.3. The molecule has 1 aromatic heterocycles. The number of benzene rings is 1. The molecule has 3 aliphatic rings. The lowest BCUT2D eigenvalue weighted by Crippen LogP contribution is -2.54. The summed E-state index contributed by atoms with van der Waals surface area (Å²) in [4.78, 5) is 32.6. The average molecular weight is 439 g/mol. The van der Waals surface area contributed by atoms with Gasteiger partial charge in [0, 0.05) is 25.3 Å². The van der Waals surface area contributed by atoms with Gasteiger partial charge in [0.2, 0.25) is 0 Å². The highest BCUT2D eigenvalue weighted by Gasteiger charge is 2.45. The van der Waals surface area contributed by atoms with Crippen molar-refractivity contribution in [2.45, 2.75) is 56.7 Å². The smallest absolute Gasteiger partial charge is 0.322 e. The zero-order chi connectivity index (χ0) is 22.3. The number of piperidine rings is 1. The third-order valence-corrected chi connectivity index (χ3v) is 7.01. The van der Waals surface area contributed by atoms with Gasteiger partial charge in [0.1, 0.15) is 11.4 Å². The Labute approximate surface area is 186 Å². The fourth-order valence-corrected chi connectivity index (χ4v) is 4.85. The van der Waals surface area contributed by atoms with Crippen LogP contribution in [0.1, 0.15) is 54.8 Å². The van der Waals surface area contributed by atoms with Gasteiger partial charge in [0.05, 0.1) is 18.4 Å². The minimum absolute atomic E-state index is 0.109. The van der Waals surface area contributed by atoms with Crippen molar-refractivity contribution in [3.05, 3.63) is 59.2 Å². The first-order chi connectivity index (χ1) is 15.4. The van der Waals surface area contributed by atoms with Gasteiger partial charge in [-0.05, 0) is 67.3 Å². The number of carbonyl (C=O) groups is 2. The molecule has 5 rings (SSSR count). The number of fused-ring (bicyclic) bond motifs is 1. The van der Waals surface area contributed by atoms with Gasteiger partial charge in [0.25, 0.3) is 5.91 Å². The number of hydrogen-bond donors (Lipinski definition) is 2. The van der Waals surface area contributed by atoms with Crippen LogP contribution in [0, 0.1) is 5.82 Å². The van der Waals surface area contributed by atoms with Gasteiger partial charge >= 0.3 is 6.03 Å². The number of likely N-dealkylation sites (tertiary alicyclic amines) is 1. The maximum absolute atomic E-state index is 13.3. The standard InChI is InChI=1S/C24H27FN4O3/c25-19-12-18-14-29(15-21(18)26-13-19)23(31)27-20-4-2-16(3-5-20)17-6-10-28(11-7-17)22(30)24(32)8-1-9-24/h2-5,12-13,17,32H,1,6-11,14-15H2,(H,27,31). The van der Waals surface area contributed by atoms with Gasteiger partial charge < -0.3 is 20.2 Å². The second-order valence-electron chi connectivity index (χ2n) is 9.12. The van der Waals surface area contributed by atoms with Crippen LogP contribution in [-0.2, 0) is 17.9 Å². The van der Waals surface area contributed by atoms with Crippen LogP contribution in [0.25, 0.3) is 0 Å². The highest BCUT2D eigenvalue weighted by atomic mass is 19.1. The van der Waals surface area contributed by atoms with E-state index in [4.69, 9.17) is 0 Å². The third-order valence-electron chi connectivity index (χ3n) is 7.01. The largest absolute Gasteiger partial charge is 0.380 e. The number of hydrogen-bond acceptors (Lipinski definition) is 4. The number of anilines is 1. The minimum atomic E-state index is -1.12. The molecule has 8 heteroatoms. The van der Waals surface area contributed by atoms with Crippen molar-refractivity contribution in [2.24, 2.45) is 0 Å². The number of urea groups is 1. The van der Waals surface area contributed by atoms with Crippen molar-refractivity contribution in [1.29, 1.82) is 0 Å². The van der Waals surface area contributed by atoms with E-state index in [-0.39, 0.29) is 11.9 Å². The predicted octanol–water partition coefficient (Wildman–Crippen LogP) is 3.39. The van der Waals surface area contributed by atoms with Gasteiger partial charge in [-0.1, -0.05) is 12.1 Å². The molecule has 0 bridgehead atoms. The number of halogens is 1. The number of nitrogens with zero attached hydrogens (tertiary/aromatic N) is 3. The van der Waals surface area contributed by atoms with Crippen molar-refractivity contribution in [3.63, 3.8) is 0 Å². The van der Waals surface area contributed by atoms with Crippen LogP contribution in [0.2, 0.25) is 0 Å². The highest BCUT2D eigenvalue weighted by molar-refractivity contribution is 5.89. The zero-order valence-corrected chi connectivity index (χ0v) is 17.9. The van der Waals surface area contributed by atoms with Crippen LogP contribution < -0.4 is 5.32 Å². The van der Waals surface area contributed by atoms with E-state index in [0.717, 1.165) is 30.5 Å². The van der Waals surface area contributed by atoms with Gasteiger partial charge in [-0.3, -0.25) is 9.78 Å². The Hall–Kier alpha value is -3.00. The van der Waals surface area contributed by atoms with Crippen LogP contribution in [0.5, 0.6) is 0 Å². The molecule has 3 heterocycles. The van der Waals surface area contributed by atoms with Gasteiger partial charge in [-0.25, -0.2) is 9.18 Å². The van der Waals surface area contributed by atoms with Crippen LogP contribution >= 0.6 is 0 Å². The summed E-state index contributed by atoms with van der Waals surface area (Å²) in [5, 5.41) is 13.2. The SMILES string of the molecule is O=C(Nc1ccc(C2CCN(C(=O)C3(O)CCC3)CC2)cc1)N1Cc2cc(F)cnc2C1. The Balaban J connectivity index is 1.14. The molecule has 32 heavy (non-hydrogen) atoms. The van der Waals surface area contributed by atoms with E-state index >= 15 is 0 Å². The van der Waals surface area contributed by atoms with Gasteiger partial charge in [0.15, 0.2) is 0 Å². The summed E-state index contributed by atoms with van der Waals surface area (Å²) in [6.07, 6.45) is 4.98. The average Bonchev–Trinajstić information content (AvgIpc) is 3.21. The number of nitrogens with one attached hydrogen (secondary N) is 1. The minimum Gasteiger partial charge on any atom is -0.380 e. The molecular weight excluding hydrogens is 411 g/mol. The molecular formula is C24H27FN4O3. The second kappa shape index (κ2) is 8.16. The van der Waals surface area contributed by atoms with Crippen molar-refractivity contribution in [2.75, 3.05) is 18.4 Å². The number of amides is 3. The molecule has 2 fully saturated rings. The lowest BCUT2D eigenvalue weighted by Gasteiger charge is -2.41. The molecule has 7 nitrogen and oxygen atoms in total. The fraction of sp³-hybridized carbons (Fsp3) is 0.458. The maximum Gasteiger partial charge on any atom is 0.322 e. The molecule has 1 aromatic carbocycles. The summed E-state index contributed by atoms with van der Waals surface area (Å²) in [6, 6.07) is 9.01. The van der Waals surface area contributed by atoms with E-state index in [1.165, 1.54) is 17.8 Å². The summed E-state index contributed by atoms with van der Waals surface area (Å²) in [5.41, 5.74) is 2.24. The molecule has 1 saturated carbocycles. The lowest BCUT2D eigenvalue weighted by molar-refractivity contribution is -0.161. The van der Waals surface area contributed by atoms with E-state index in [1.807, 2.05) is 24.3 Å². The molecule has 3 amide bonds. The second-order valence-corrected chi connectivity index (χ2v) is 9.12. The molecule has 1 aliphatic carbocycles. The molecule has 0 radical (unpaired) electrons. The Morgan fingerprint density at radius 3 is 2.47 bits per heavy atom. The van der Waals surface area contributed by atoms with E-state index in [2.05, 4.69) is 10.3 Å². The van der Waals surface area contributed by atoms with Crippen LogP contribution in [0.4, 0.5) is 14.9 Å². The first kappa shape index (κ1) is 20.9. The molecule has 168 valence electrons. The molecule has 2 aliphatic heterocycles. The van der Waals surface area contributed by atoms with Crippen molar-refractivity contribution in [3.8, 4) is 0 Å². The zero-order valence-electron chi connectivity index (χ0n) is 17.9. The first-order valence-corrected chi connectivity index (χ1v) is 11.2. The topological polar surface area (TPSA) is 85.8 Å². The third kappa shape index (κ3) is 3.95. The van der Waals surface area contributed by atoms with E-state index in [0.29, 0.717) is 50.6 Å². The monoisotopic (exact) mass is 438 g/mol. The first-order valence-electron chi connectivity index (χ1n) is 11.2. The Bertz CT molecular complexity index is 1030. The normalized spacial score (nSPS) is 19.9. The number of aliphatic hydroxyl groups is 1. The van der Waals surface area contributed by atoms with Crippen molar-refractivity contribution in [1.82, 2.24) is 14.8 Å². The summed E-state index contributed by atoms with van der Waals surface area (Å²) in [5.74, 6) is -0.146. The molecule has 0 atom stereocenters. The summed E-state index contributed by atoms with van der Waals surface area (Å²) >= 11 is 0. The van der Waals surface area contributed by atoms with E-state index in [9.17, 15) is 19.1 Å². The number of carbonyl (C=O) groups excluding carboxylic acids is 2. The number of rotatable bonds is 3. The molecule has 1 saturated heterocycles. The summed E-state index contributed by atoms with van der Waals surface area (Å²) < 4.78 is 13.3. The van der Waals surface area contributed by atoms with Gasteiger partial charge in [-0.2, -0.15) is 0 Å². The fourth-order valence-electron chi connectivity index (χ4n) is 4.85. The van der Waals surface area contributed by atoms with Crippen molar-refractivity contribution >= 4 is 17.6 Å². The van der Waals surface area contributed by atoms with Gasteiger partial charge in [-0.15, -0.1) is 0 Å². The van der Waals surface area contributed by atoms with Crippen molar-refractivity contribution < 1.29 is 19.1 Å². The Kier molecular flexibility index (Phi) is 5.33. The Morgan fingerprint density at radius 2 is 1.81 bits per heavy atom. The van der Waals surface area contributed by atoms with Crippen LogP contribution in [-0.4, -0.2) is 50.5 Å². The van der Waals surface area contributed by atoms with E-state index in [1.54, 1.807) is 9.80 Å². The number of pyridine rings is 1. The Morgan fingerprint density at radius 1 is 1.09 bits per heavy atom. The molecule has 0 unspecified atom stereocenters. The van der Waals surface area contributed by atoms with E-state index < -0.39 is 11.4 Å². The molecule has 2 aromatic rings. The number of aromatic nitrogens is 1.